The molecule has 0 unspecified atom stereocenters. The molecule has 1 saturated heterocycles. The van der Waals surface area contributed by atoms with Crippen molar-refractivity contribution in [3.05, 3.63) is 29.9 Å². The Morgan fingerprint density at radius 3 is 3.13 bits per heavy atom. The fraction of sp³-hybridized carbons (Fsp3) is 0.600. The number of aryl methyl sites for hydroxylation is 2. The van der Waals surface area contributed by atoms with Gasteiger partial charge in [-0.1, -0.05) is 5.16 Å². The lowest BCUT2D eigenvalue weighted by molar-refractivity contribution is 0.177. The molecule has 3 rings (SSSR count). The molecule has 1 atom stereocenters. The molecule has 0 aromatic carbocycles. The SMILES string of the molecule is CCn1cncc1CNC(=O)N1CCC[C@@H](c2noc(C)n2)C1. The predicted molar refractivity (Wildman–Crippen MR) is 82.7 cm³/mol. The van der Waals surface area contributed by atoms with Crippen LogP contribution in [0.3, 0.4) is 0 Å². The topological polar surface area (TPSA) is 89.1 Å². The third kappa shape index (κ3) is 3.52. The van der Waals surface area contributed by atoms with Crippen LogP contribution in [0.1, 0.15) is 43.1 Å². The van der Waals surface area contributed by atoms with Crippen molar-refractivity contribution in [3.8, 4) is 0 Å². The van der Waals surface area contributed by atoms with Crippen molar-refractivity contribution < 1.29 is 9.32 Å². The van der Waals surface area contributed by atoms with Crippen molar-refractivity contribution in [2.45, 2.75) is 45.7 Å². The van der Waals surface area contributed by atoms with Gasteiger partial charge in [-0.2, -0.15) is 4.98 Å². The van der Waals surface area contributed by atoms with Crippen LogP contribution >= 0.6 is 0 Å². The molecule has 2 aromatic rings. The standard InChI is InChI=1S/C15H22N6O2/c1-3-20-10-16-7-13(20)8-17-15(22)21-6-4-5-12(9-21)14-18-11(2)23-19-14/h7,10,12H,3-6,8-9H2,1-2H3,(H,17,22)/t12-/m1/s1. The summed E-state index contributed by atoms with van der Waals surface area (Å²) >= 11 is 0. The molecular weight excluding hydrogens is 296 g/mol. The van der Waals surface area contributed by atoms with E-state index in [9.17, 15) is 4.79 Å². The summed E-state index contributed by atoms with van der Waals surface area (Å²) in [7, 11) is 0. The Morgan fingerprint density at radius 1 is 1.52 bits per heavy atom. The van der Waals surface area contributed by atoms with Crippen molar-refractivity contribution in [1.82, 2.24) is 29.9 Å². The number of nitrogens with zero attached hydrogens (tertiary/aromatic N) is 5. The number of aromatic nitrogens is 4. The van der Waals surface area contributed by atoms with Gasteiger partial charge in [-0.25, -0.2) is 9.78 Å². The molecule has 8 nitrogen and oxygen atoms in total. The van der Waals surface area contributed by atoms with Gasteiger partial charge in [0, 0.05) is 38.7 Å². The molecule has 1 N–H and O–H groups in total. The van der Waals surface area contributed by atoms with E-state index in [4.69, 9.17) is 4.52 Å². The van der Waals surface area contributed by atoms with Crippen molar-refractivity contribution >= 4 is 6.03 Å². The maximum atomic E-state index is 12.4. The second-order valence-corrected chi connectivity index (χ2v) is 5.79. The maximum Gasteiger partial charge on any atom is 0.317 e. The largest absolute Gasteiger partial charge is 0.340 e. The Bertz CT molecular complexity index is 664. The van der Waals surface area contributed by atoms with E-state index in [1.54, 1.807) is 19.4 Å². The zero-order chi connectivity index (χ0) is 16.2. The molecule has 1 aliphatic rings. The number of hydrogen-bond acceptors (Lipinski definition) is 5. The van der Waals surface area contributed by atoms with Crippen LogP contribution < -0.4 is 5.32 Å². The summed E-state index contributed by atoms with van der Waals surface area (Å²) < 4.78 is 7.06. The third-order valence-corrected chi connectivity index (χ3v) is 4.18. The minimum atomic E-state index is -0.0567. The van der Waals surface area contributed by atoms with E-state index >= 15 is 0 Å². The molecule has 0 bridgehead atoms. The van der Waals surface area contributed by atoms with E-state index in [-0.39, 0.29) is 11.9 Å². The summed E-state index contributed by atoms with van der Waals surface area (Å²) in [6.07, 6.45) is 5.48. The second kappa shape index (κ2) is 6.80. The van der Waals surface area contributed by atoms with Gasteiger partial charge in [0.05, 0.1) is 18.6 Å². The molecule has 0 radical (unpaired) electrons. The van der Waals surface area contributed by atoms with Gasteiger partial charge < -0.3 is 19.3 Å². The highest BCUT2D eigenvalue weighted by Crippen LogP contribution is 2.24. The van der Waals surface area contributed by atoms with Crippen LogP contribution in [0.5, 0.6) is 0 Å². The van der Waals surface area contributed by atoms with E-state index in [0.717, 1.165) is 31.6 Å². The summed E-state index contributed by atoms with van der Waals surface area (Å²) in [5.41, 5.74) is 1.00. The van der Waals surface area contributed by atoms with E-state index < -0.39 is 0 Å². The average Bonchev–Trinajstić information content (AvgIpc) is 3.21. The lowest BCUT2D eigenvalue weighted by Gasteiger charge is -2.31. The van der Waals surface area contributed by atoms with Gasteiger partial charge in [0.15, 0.2) is 5.82 Å². The highest BCUT2D eigenvalue weighted by atomic mass is 16.5. The normalized spacial score (nSPS) is 18.2. The number of amides is 2. The Hall–Kier alpha value is -2.38. The second-order valence-electron chi connectivity index (χ2n) is 5.79. The summed E-state index contributed by atoms with van der Waals surface area (Å²) in [6, 6.07) is -0.0567. The van der Waals surface area contributed by atoms with Crippen molar-refractivity contribution in [2.24, 2.45) is 0 Å². The smallest absolute Gasteiger partial charge is 0.317 e. The predicted octanol–water partition coefficient (Wildman–Crippen LogP) is 1.68. The third-order valence-electron chi connectivity index (χ3n) is 4.18. The number of nitrogens with one attached hydrogen (secondary N) is 1. The number of urea groups is 1. The van der Waals surface area contributed by atoms with Crippen molar-refractivity contribution in [2.75, 3.05) is 13.1 Å². The first kappa shape index (κ1) is 15.5. The number of imidazole rings is 1. The van der Waals surface area contributed by atoms with E-state index in [1.165, 1.54) is 0 Å². The first-order valence-electron chi connectivity index (χ1n) is 7.99. The van der Waals surface area contributed by atoms with Crippen LogP contribution in [-0.4, -0.2) is 43.7 Å². The van der Waals surface area contributed by atoms with Gasteiger partial charge in [-0.05, 0) is 19.8 Å². The van der Waals surface area contributed by atoms with Gasteiger partial charge in [-0.15, -0.1) is 0 Å². The minimum Gasteiger partial charge on any atom is -0.340 e. The fourth-order valence-corrected chi connectivity index (χ4v) is 2.91. The Labute approximate surface area is 134 Å². The first-order chi connectivity index (χ1) is 11.2. The highest BCUT2D eigenvalue weighted by Gasteiger charge is 2.27. The first-order valence-corrected chi connectivity index (χ1v) is 7.99. The van der Waals surface area contributed by atoms with Gasteiger partial charge in [0.25, 0.3) is 0 Å². The zero-order valence-electron chi connectivity index (χ0n) is 13.5. The van der Waals surface area contributed by atoms with Gasteiger partial charge >= 0.3 is 6.03 Å². The summed E-state index contributed by atoms with van der Waals surface area (Å²) in [4.78, 5) is 22.6. The van der Waals surface area contributed by atoms with Crippen LogP contribution in [0.25, 0.3) is 0 Å². The summed E-state index contributed by atoms with van der Waals surface area (Å²) in [5, 5.41) is 6.96. The minimum absolute atomic E-state index is 0.0567. The number of carbonyl (C=O) groups excluding carboxylic acids is 1. The molecule has 0 spiro atoms. The monoisotopic (exact) mass is 318 g/mol. The van der Waals surface area contributed by atoms with Crippen LogP contribution in [-0.2, 0) is 13.1 Å². The average molecular weight is 318 g/mol. The lowest BCUT2D eigenvalue weighted by atomic mass is 9.98. The molecule has 8 heteroatoms. The van der Waals surface area contributed by atoms with Crippen molar-refractivity contribution in [1.29, 1.82) is 0 Å². The van der Waals surface area contributed by atoms with Crippen LogP contribution in [0.15, 0.2) is 17.0 Å². The van der Waals surface area contributed by atoms with Crippen molar-refractivity contribution in [3.63, 3.8) is 0 Å². The van der Waals surface area contributed by atoms with Gasteiger partial charge in [-0.3, -0.25) is 0 Å². The van der Waals surface area contributed by atoms with Crippen LogP contribution in [0, 0.1) is 6.92 Å². The Balaban J connectivity index is 1.57. The molecule has 1 fully saturated rings. The number of rotatable bonds is 4. The Kier molecular flexibility index (Phi) is 4.59. The number of carbonyl (C=O) groups is 1. The lowest BCUT2D eigenvalue weighted by Crippen LogP contribution is -2.45. The highest BCUT2D eigenvalue weighted by molar-refractivity contribution is 5.74. The molecule has 124 valence electrons. The Morgan fingerprint density at radius 2 is 2.39 bits per heavy atom. The quantitative estimate of drug-likeness (QED) is 0.926. The molecule has 23 heavy (non-hydrogen) atoms. The molecular formula is C15H22N6O2. The van der Waals surface area contributed by atoms with E-state index in [2.05, 4.69) is 27.4 Å². The summed E-state index contributed by atoms with van der Waals surface area (Å²) in [6.45, 7) is 6.53. The number of likely N-dealkylation sites (tertiary alicyclic amines) is 1. The maximum absolute atomic E-state index is 12.4. The molecule has 1 aliphatic heterocycles. The van der Waals surface area contributed by atoms with E-state index in [1.807, 2.05) is 9.47 Å². The van der Waals surface area contributed by atoms with Gasteiger partial charge in [0.2, 0.25) is 5.89 Å². The number of piperidine rings is 1. The van der Waals surface area contributed by atoms with Crippen LogP contribution in [0.4, 0.5) is 4.79 Å². The zero-order valence-corrected chi connectivity index (χ0v) is 13.5. The van der Waals surface area contributed by atoms with Gasteiger partial charge in [0.1, 0.15) is 0 Å². The molecule has 0 aliphatic carbocycles. The molecule has 0 saturated carbocycles. The summed E-state index contributed by atoms with van der Waals surface area (Å²) in [5.74, 6) is 1.41. The molecule has 2 amide bonds. The number of hydrogen-bond donors (Lipinski definition) is 1. The molecule has 3 heterocycles. The molecule has 2 aromatic heterocycles. The van der Waals surface area contributed by atoms with E-state index in [0.29, 0.717) is 24.8 Å². The van der Waals surface area contributed by atoms with Crippen LogP contribution in [0.2, 0.25) is 0 Å². The fourth-order valence-electron chi connectivity index (χ4n) is 2.91.